The fourth-order valence-corrected chi connectivity index (χ4v) is 3.17. The average Bonchev–Trinajstić information content (AvgIpc) is 2.51. The number of rotatable bonds is 5. The first-order chi connectivity index (χ1) is 10.9. The summed E-state index contributed by atoms with van der Waals surface area (Å²) in [7, 11) is 1.44. The van der Waals surface area contributed by atoms with E-state index in [1.54, 1.807) is 0 Å². The zero-order valence-corrected chi connectivity index (χ0v) is 13.6. The maximum absolute atomic E-state index is 13.8. The molecule has 0 aromatic heterocycles. The maximum atomic E-state index is 13.8. The van der Waals surface area contributed by atoms with Gasteiger partial charge in [0.25, 0.3) is 0 Å². The van der Waals surface area contributed by atoms with Gasteiger partial charge in [0.1, 0.15) is 11.2 Å². The Balaban J connectivity index is 2.15. The zero-order valence-electron chi connectivity index (χ0n) is 12.8. The second-order valence-electron chi connectivity index (χ2n) is 5.81. The first-order valence-electron chi connectivity index (χ1n) is 7.32. The van der Waals surface area contributed by atoms with Gasteiger partial charge in [0.15, 0.2) is 0 Å². The van der Waals surface area contributed by atoms with E-state index in [9.17, 15) is 19.1 Å². The molecular weight excluding hydrogens is 325 g/mol. The Labute approximate surface area is 139 Å². The number of piperidine rings is 1. The van der Waals surface area contributed by atoms with Crippen LogP contribution in [-0.2, 0) is 20.7 Å². The fourth-order valence-electron chi connectivity index (χ4n) is 2.94. The maximum Gasteiger partial charge on any atom is 0.313 e. The molecule has 1 atom stereocenters. The summed E-state index contributed by atoms with van der Waals surface area (Å²) in [4.78, 5) is 25.5. The first kappa shape index (κ1) is 17.7. The van der Waals surface area contributed by atoms with Crippen LogP contribution in [-0.4, -0.2) is 48.7 Å². The predicted octanol–water partition coefficient (Wildman–Crippen LogP) is 2.36. The summed E-state index contributed by atoms with van der Waals surface area (Å²) in [5, 5.41) is 9.69. The van der Waals surface area contributed by atoms with Crippen LogP contribution < -0.4 is 0 Å². The monoisotopic (exact) mass is 343 g/mol. The summed E-state index contributed by atoms with van der Waals surface area (Å²) in [6, 6.07) is 4.24. The van der Waals surface area contributed by atoms with E-state index in [4.69, 9.17) is 16.3 Å². The number of carboxylic acid groups (broad SMARTS) is 1. The third kappa shape index (κ3) is 3.82. The standard InChI is InChI=1S/C16H19ClFNO4/c1-23-10-16(15(21)22)6-3-7-19(9-16)14(20)8-11-12(17)4-2-5-13(11)18/h2,4-5H,3,6-10H2,1H3,(H,21,22). The van der Waals surface area contributed by atoms with Crippen molar-refractivity contribution in [1.82, 2.24) is 4.90 Å². The highest BCUT2D eigenvalue weighted by atomic mass is 35.5. The van der Waals surface area contributed by atoms with Gasteiger partial charge in [0, 0.05) is 30.8 Å². The number of hydrogen-bond donors (Lipinski definition) is 1. The van der Waals surface area contributed by atoms with Crippen molar-refractivity contribution in [2.75, 3.05) is 26.8 Å². The molecule has 0 bridgehead atoms. The lowest BCUT2D eigenvalue weighted by Gasteiger charge is -2.39. The number of carboxylic acids is 1. The summed E-state index contributed by atoms with van der Waals surface area (Å²) in [5.41, 5.74) is -0.973. The first-order valence-corrected chi connectivity index (χ1v) is 7.70. The molecule has 23 heavy (non-hydrogen) atoms. The predicted molar refractivity (Wildman–Crippen MR) is 82.9 cm³/mol. The number of ether oxygens (including phenoxy) is 1. The lowest BCUT2D eigenvalue weighted by Crippen LogP contribution is -2.52. The molecule has 1 saturated heterocycles. The quantitative estimate of drug-likeness (QED) is 0.891. The number of halogens is 2. The van der Waals surface area contributed by atoms with Crippen LogP contribution in [0.4, 0.5) is 4.39 Å². The number of nitrogens with zero attached hydrogens (tertiary/aromatic N) is 1. The van der Waals surface area contributed by atoms with Crippen LogP contribution in [0.2, 0.25) is 5.02 Å². The Hall–Kier alpha value is -1.66. The number of carbonyl (C=O) groups excluding carboxylic acids is 1. The largest absolute Gasteiger partial charge is 0.481 e. The van der Waals surface area contributed by atoms with Crippen molar-refractivity contribution in [3.63, 3.8) is 0 Å². The lowest BCUT2D eigenvalue weighted by molar-refractivity contribution is -0.159. The summed E-state index contributed by atoms with van der Waals surface area (Å²) in [6.45, 7) is 0.539. The normalized spacial score (nSPS) is 21.3. The number of hydrogen-bond acceptors (Lipinski definition) is 3. The SMILES string of the molecule is COCC1(C(=O)O)CCCN(C(=O)Cc2c(F)cccc2Cl)C1. The van der Waals surface area contributed by atoms with Gasteiger partial charge in [0.05, 0.1) is 13.0 Å². The number of carbonyl (C=O) groups is 2. The van der Waals surface area contributed by atoms with E-state index in [2.05, 4.69) is 0 Å². The minimum atomic E-state index is -1.11. The van der Waals surface area contributed by atoms with Crippen molar-refractivity contribution in [2.24, 2.45) is 5.41 Å². The van der Waals surface area contributed by atoms with Crippen LogP contribution in [0.15, 0.2) is 18.2 Å². The average molecular weight is 344 g/mol. The van der Waals surface area contributed by atoms with Crippen LogP contribution >= 0.6 is 11.6 Å². The van der Waals surface area contributed by atoms with Crippen molar-refractivity contribution in [3.8, 4) is 0 Å². The molecule has 5 nitrogen and oxygen atoms in total. The van der Waals surface area contributed by atoms with E-state index in [1.807, 2.05) is 0 Å². The fraction of sp³-hybridized carbons (Fsp3) is 0.500. The van der Waals surface area contributed by atoms with Gasteiger partial charge in [-0.25, -0.2) is 4.39 Å². The van der Waals surface area contributed by atoms with Crippen molar-refractivity contribution < 1.29 is 23.8 Å². The highest BCUT2D eigenvalue weighted by Gasteiger charge is 2.43. The van der Waals surface area contributed by atoms with Gasteiger partial charge in [0.2, 0.25) is 5.91 Å². The number of aliphatic carboxylic acids is 1. The van der Waals surface area contributed by atoms with Crippen LogP contribution in [0.1, 0.15) is 18.4 Å². The second-order valence-corrected chi connectivity index (χ2v) is 6.22. The highest BCUT2D eigenvalue weighted by molar-refractivity contribution is 6.31. The molecule has 1 fully saturated rings. The molecule has 126 valence electrons. The van der Waals surface area contributed by atoms with Crippen molar-refractivity contribution in [3.05, 3.63) is 34.6 Å². The van der Waals surface area contributed by atoms with Gasteiger partial charge in [-0.2, -0.15) is 0 Å². The van der Waals surface area contributed by atoms with Crippen molar-refractivity contribution >= 4 is 23.5 Å². The molecule has 0 spiro atoms. The van der Waals surface area contributed by atoms with Crippen molar-refractivity contribution in [2.45, 2.75) is 19.3 Å². The summed E-state index contributed by atoms with van der Waals surface area (Å²) in [6.07, 6.45) is 0.820. The van der Waals surface area contributed by atoms with Gasteiger partial charge in [-0.1, -0.05) is 17.7 Å². The molecule has 0 saturated carbocycles. The Morgan fingerprint density at radius 3 is 2.83 bits per heavy atom. The second kappa shape index (κ2) is 7.27. The molecule has 0 radical (unpaired) electrons. The molecule has 0 aliphatic carbocycles. The van der Waals surface area contributed by atoms with Crippen molar-refractivity contribution in [1.29, 1.82) is 0 Å². The highest BCUT2D eigenvalue weighted by Crippen LogP contribution is 2.31. The van der Waals surface area contributed by atoms with Crippen LogP contribution in [0.5, 0.6) is 0 Å². The van der Waals surface area contributed by atoms with E-state index in [-0.39, 0.29) is 36.1 Å². The summed E-state index contributed by atoms with van der Waals surface area (Å²) < 4.78 is 18.8. The van der Waals surface area contributed by atoms with E-state index in [0.717, 1.165) is 0 Å². The molecule has 1 unspecified atom stereocenters. The van der Waals surface area contributed by atoms with Gasteiger partial charge in [-0.3, -0.25) is 9.59 Å². The van der Waals surface area contributed by atoms with E-state index >= 15 is 0 Å². The van der Waals surface area contributed by atoms with E-state index < -0.39 is 17.2 Å². The molecule has 1 aromatic carbocycles. The number of likely N-dealkylation sites (tertiary alicyclic amines) is 1. The molecule has 1 amide bonds. The Morgan fingerprint density at radius 1 is 1.48 bits per heavy atom. The Bertz CT molecular complexity index is 585. The van der Waals surface area contributed by atoms with Crippen LogP contribution in [0.25, 0.3) is 0 Å². The number of methoxy groups -OCH3 is 1. The Morgan fingerprint density at radius 2 is 2.22 bits per heavy atom. The van der Waals surface area contributed by atoms with E-state index in [0.29, 0.717) is 19.4 Å². The molecule has 1 heterocycles. The van der Waals surface area contributed by atoms with Crippen LogP contribution in [0.3, 0.4) is 0 Å². The molecule has 7 heteroatoms. The zero-order chi connectivity index (χ0) is 17.0. The smallest absolute Gasteiger partial charge is 0.313 e. The topological polar surface area (TPSA) is 66.8 Å². The lowest BCUT2D eigenvalue weighted by atomic mass is 9.80. The molecule has 1 N–H and O–H groups in total. The van der Waals surface area contributed by atoms with Gasteiger partial charge < -0.3 is 14.7 Å². The molecular formula is C16H19ClFNO4. The summed E-state index contributed by atoms with van der Waals surface area (Å²) in [5.74, 6) is -1.86. The van der Waals surface area contributed by atoms with Gasteiger partial charge in [-0.15, -0.1) is 0 Å². The van der Waals surface area contributed by atoms with Gasteiger partial charge in [-0.05, 0) is 25.0 Å². The Kier molecular flexibility index (Phi) is 5.59. The minimum Gasteiger partial charge on any atom is -0.481 e. The summed E-state index contributed by atoms with van der Waals surface area (Å²) >= 11 is 5.94. The van der Waals surface area contributed by atoms with Crippen LogP contribution in [0, 0.1) is 11.2 Å². The van der Waals surface area contributed by atoms with E-state index in [1.165, 1.54) is 30.2 Å². The molecule has 1 aromatic rings. The molecule has 1 aliphatic rings. The third-order valence-electron chi connectivity index (χ3n) is 4.19. The third-order valence-corrected chi connectivity index (χ3v) is 4.55. The number of benzene rings is 1. The molecule has 2 rings (SSSR count). The minimum absolute atomic E-state index is 0.0343. The molecule has 1 aliphatic heterocycles. The van der Waals surface area contributed by atoms with Gasteiger partial charge >= 0.3 is 5.97 Å². The number of amides is 1.